The Morgan fingerprint density at radius 3 is 2.64 bits per heavy atom. The lowest BCUT2D eigenvalue weighted by molar-refractivity contribution is -0.137. The van der Waals surface area contributed by atoms with Crippen LogP contribution in [0, 0.1) is 5.92 Å². The molecule has 0 spiro atoms. The van der Waals surface area contributed by atoms with Crippen LogP contribution < -0.4 is 5.73 Å². The number of amides is 2. The highest BCUT2D eigenvalue weighted by molar-refractivity contribution is 5.92. The minimum Gasteiger partial charge on any atom is -0.369 e. The van der Waals surface area contributed by atoms with Gasteiger partial charge in [0.25, 0.3) is 0 Å². The molecule has 22 heavy (non-hydrogen) atoms. The molecule has 1 atom stereocenters. The normalized spacial score (nSPS) is 18.9. The third-order valence-electron chi connectivity index (χ3n) is 3.53. The van der Waals surface area contributed by atoms with Crippen LogP contribution in [0.15, 0.2) is 30.3 Å². The molecular formula is C15H15F3N2O2. The zero-order chi connectivity index (χ0) is 16.3. The van der Waals surface area contributed by atoms with Gasteiger partial charge in [0.15, 0.2) is 0 Å². The number of likely N-dealkylation sites (tertiary alicyclic amines) is 1. The van der Waals surface area contributed by atoms with Crippen molar-refractivity contribution < 1.29 is 22.8 Å². The Balaban J connectivity index is 2.03. The van der Waals surface area contributed by atoms with E-state index in [2.05, 4.69) is 0 Å². The largest absolute Gasteiger partial charge is 0.416 e. The van der Waals surface area contributed by atoms with Gasteiger partial charge < -0.3 is 10.6 Å². The van der Waals surface area contributed by atoms with E-state index in [-0.39, 0.29) is 23.9 Å². The van der Waals surface area contributed by atoms with Crippen LogP contribution in [0.4, 0.5) is 13.2 Å². The third kappa shape index (κ3) is 3.87. The number of nitrogens with two attached hydrogens (primary N) is 1. The van der Waals surface area contributed by atoms with Crippen LogP contribution in [0.3, 0.4) is 0 Å². The van der Waals surface area contributed by atoms with Gasteiger partial charge in [0, 0.05) is 19.2 Å². The van der Waals surface area contributed by atoms with Crippen LogP contribution >= 0.6 is 0 Å². The molecule has 0 aliphatic carbocycles. The molecule has 2 rings (SSSR count). The standard InChI is InChI=1S/C15H15F3N2O2/c16-15(17,18)12-3-1-2-10(8-12)4-5-13(21)20-7-6-11(9-20)14(19)22/h1-5,8,11H,6-7,9H2,(H2,19,22)/b5-4-/t11-/m1/s1. The highest BCUT2D eigenvalue weighted by atomic mass is 19.4. The van der Waals surface area contributed by atoms with Crippen LogP contribution in [0.2, 0.25) is 0 Å². The summed E-state index contributed by atoms with van der Waals surface area (Å²) in [7, 11) is 0. The van der Waals surface area contributed by atoms with Crippen molar-refractivity contribution in [2.75, 3.05) is 13.1 Å². The molecule has 1 aromatic carbocycles. The first-order valence-electron chi connectivity index (χ1n) is 6.71. The minimum atomic E-state index is -4.42. The molecule has 0 saturated carbocycles. The summed E-state index contributed by atoms with van der Waals surface area (Å²) >= 11 is 0. The average Bonchev–Trinajstić information content (AvgIpc) is 2.94. The number of carbonyl (C=O) groups excluding carboxylic acids is 2. The van der Waals surface area contributed by atoms with Crippen LogP contribution in [-0.4, -0.2) is 29.8 Å². The van der Waals surface area contributed by atoms with Gasteiger partial charge in [-0.2, -0.15) is 13.2 Å². The van der Waals surface area contributed by atoms with Crippen LogP contribution in [0.1, 0.15) is 17.5 Å². The lowest BCUT2D eigenvalue weighted by atomic mass is 10.1. The van der Waals surface area contributed by atoms with Crippen LogP contribution in [0.5, 0.6) is 0 Å². The van der Waals surface area contributed by atoms with Crippen molar-refractivity contribution in [1.29, 1.82) is 0 Å². The number of carbonyl (C=O) groups is 2. The first kappa shape index (κ1) is 16.1. The lowest BCUT2D eigenvalue weighted by Gasteiger charge is -2.13. The topological polar surface area (TPSA) is 63.4 Å². The van der Waals surface area contributed by atoms with Crippen molar-refractivity contribution in [3.63, 3.8) is 0 Å². The molecular weight excluding hydrogens is 297 g/mol. The molecule has 1 saturated heterocycles. The van der Waals surface area contributed by atoms with Crippen molar-refractivity contribution in [3.05, 3.63) is 41.5 Å². The summed E-state index contributed by atoms with van der Waals surface area (Å²) in [5.41, 5.74) is 4.70. The molecule has 1 aliphatic rings. The Morgan fingerprint density at radius 2 is 2.05 bits per heavy atom. The molecule has 0 bridgehead atoms. The molecule has 0 radical (unpaired) electrons. The average molecular weight is 312 g/mol. The van der Waals surface area contributed by atoms with Crippen molar-refractivity contribution in [2.24, 2.45) is 11.7 Å². The zero-order valence-corrected chi connectivity index (χ0v) is 11.6. The third-order valence-corrected chi connectivity index (χ3v) is 3.53. The Morgan fingerprint density at radius 1 is 1.32 bits per heavy atom. The summed E-state index contributed by atoms with van der Waals surface area (Å²) in [6.07, 6.45) is -1.37. The van der Waals surface area contributed by atoms with Gasteiger partial charge in [-0.15, -0.1) is 0 Å². The van der Waals surface area contributed by atoms with E-state index < -0.39 is 17.6 Å². The van der Waals surface area contributed by atoms with E-state index >= 15 is 0 Å². The Hall–Kier alpha value is -2.31. The highest BCUT2D eigenvalue weighted by Gasteiger charge is 2.30. The van der Waals surface area contributed by atoms with E-state index in [1.165, 1.54) is 29.2 Å². The molecule has 1 aromatic rings. The number of alkyl halides is 3. The molecule has 1 fully saturated rings. The fraction of sp³-hybridized carbons (Fsp3) is 0.333. The van der Waals surface area contributed by atoms with Gasteiger partial charge in [0.2, 0.25) is 11.8 Å². The molecule has 7 heteroatoms. The minimum absolute atomic E-state index is 0.251. The van der Waals surface area contributed by atoms with E-state index in [9.17, 15) is 22.8 Å². The zero-order valence-electron chi connectivity index (χ0n) is 11.6. The number of primary amides is 1. The van der Waals surface area contributed by atoms with E-state index in [0.29, 0.717) is 13.0 Å². The quantitative estimate of drug-likeness (QED) is 0.868. The van der Waals surface area contributed by atoms with Crippen molar-refractivity contribution in [2.45, 2.75) is 12.6 Å². The fourth-order valence-electron chi connectivity index (χ4n) is 2.28. The van der Waals surface area contributed by atoms with E-state index in [4.69, 9.17) is 5.73 Å². The summed E-state index contributed by atoms with van der Waals surface area (Å²) in [4.78, 5) is 24.4. The van der Waals surface area contributed by atoms with Crippen LogP contribution in [0.25, 0.3) is 6.08 Å². The fourth-order valence-corrected chi connectivity index (χ4v) is 2.28. The number of benzene rings is 1. The number of hydrogen-bond acceptors (Lipinski definition) is 2. The first-order valence-corrected chi connectivity index (χ1v) is 6.71. The molecule has 4 nitrogen and oxygen atoms in total. The molecule has 1 aliphatic heterocycles. The summed E-state index contributed by atoms with van der Waals surface area (Å²) in [6.45, 7) is 0.667. The molecule has 0 unspecified atom stereocenters. The van der Waals surface area contributed by atoms with Gasteiger partial charge in [-0.05, 0) is 30.2 Å². The summed E-state index contributed by atoms with van der Waals surface area (Å²) in [6, 6.07) is 4.71. The van der Waals surface area contributed by atoms with Crippen molar-refractivity contribution in [1.82, 2.24) is 4.90 Å². The van der Waals surface area contributed by atoms with Gasteiger partial charge in [-0.25, -0.2) is 0 Å². The number of rotatable bonds is 3. The van der Waals surface area contributed by atoms with E-state index in [1.807, 2.05) is 0 Å². The monoisotopic (exact) mass is 312 g/mol. The molecule has 118 valence electrons. The van der Waals surface area contributed by atoms with Crippen molar-refractivity contribution in [3.8, 4) is 0 Å². The van der Waals surface area contributed by atoms with E-state index in [0.717, 1.165) is 12.1 Å². The maximum atomic E-state index is 12.6. The predicted molar refractivity (Wildman–Crippen MR) is 74.4 cm³/mol. The predicted octanol–water partition coefficient (Wildman–Crippen LogP) is 2.05. The summed E-state index contributed by atoms with van der Waals surface area (Å²) in [5.74, 6) is -1.15. The maximum absolute atomic E-state index is 12.6. The summed E-state index contributed by atoms with van der Waals surface area (Å²) < 4.78 is 37.8. The number of hydrogen-bond donors (Lipinski definition) is 1. The smallest absolute Gasteiger partial charge is 0.369 e. The second-order valence-corrected chi connectivity index (χ2v) is 5.13. The van der Waals surface area contributed by atoms with E-state index in [1.54, 1.807) is 0 Å². The second kappa shape index (κ2) is 6.21. The highest BCUT2D eigenvalue weighted by Crippen LogP contribution is 2.29. The Bertz CT molecular complexity index is 611. The van der Waals surface area contributed by atoms with Crippen LogP contribution in [-0.2, 0) is 15.8 Å². The van der Waals surface area contributed by atoms with Gasteiger partial charge in [-0.3, -0.25) is 9.59 Å². The second-order valence-electron chi connectivity index (χ2n) is 5.13. The Labute approximate surface area is 125 Å². The van der Waals surface area contributed by atoms with Gasteiger partial charge in [0.1, 0.15) is 0 Å². The molecule has 1 heterocycles. The number of halogens is 3. The first-order chi connectivity index (χ1) is 10.3. The number of nitrogens with zero attached hydrogens (tertiary/aromatic N) is 1. The maximum Gasteiger partial charge on any atom is 0.416 e. The van der Waals surface area contributed by atoms with Gasteiger partial charge in [-0.1, -0.05) is 12.1 Å². The van der Waals surface area contributed by atoms with Gasteiger partial charge >= 0.3 is 6.18 Å². The van der Waals surface area contributed by atoms with Crippen molar-refractivity contribution >= 4 is 17.9 Å². The lowest BCUT2D eigenvalue weighted by Crippen LogP contribution is -2.30. The molecule has 2 N–H and O–H groups in total. The van der Waals surface area contributed by atoms with Gasteiger partial charge in [0.05, 0.1) is 11.5 Å². The SMILES string of the molecule is NC(=O)[C@@H]1CCN(C(=O)/C=C\c2cccc(C(F)(F)F)c2)C1. The summed E-state index contributed by atoms with van der Waals surface area (Å²) in [5, 5.41) is 0. The molecule has 0 aromatic heterocycles. The Kier molecular flexibility index (Phi) is 4.54. The molecule has 2 amide bonds.